The van der Waals surface area contributed by atoms with Crippen molar-refractivity contribution in [2.45, 2.75) is 26.3 Å². The average molecular weight is 274 g/mol. The van der Waals surface area contributed by atoms with Crippen LogP contribution >= 0.6 is 0 Å². The Labute approximate surface area is 115 Å². The maximum atomic E-state index is 13.7. The zero-order chi connectivity index (χ0) is 14.3. The molecule has 5 heteroatoms. The number of benzene rings is 1. The van der Waals surface area contributed by atoms with Gasteiger partial charge in [-0.15, -0.1) is 0 Å². The Balaban J connectivity index is 2.01. The zero-order valence-electron chi connectivity index (χ0n) is 11.1. The Morgan fingerprint density at radius 3 is 2.90 bits per heavy atom. The number of carboxylic acids is 1. The monoisotopic (exact) mass is 274 g/mol. The van der Waals surface area contributed by atoms with Crippen molar-refractivity contribution in [1.82, 2.24) is 9.78 Å². The van der Waals surface area contributed by atoms with Crippen LogP contribution in [0.3, 0.4) is 0 Å². The van der Waals surface area contributed by atoms with Gasteiger partial charge in [0.25, 0.3) is 0 Å². The minimum atomic E-state index is -1.06. The highest BCUT2D eigenvalue weighted by Crippen LogP contribution is 2.31. The van der Waals surface area contributed by atoms with Crippen molar-refractivity contribution in [2.75, 3.05) is 0 Å². The molecule has 2 aromatic rings. The van der Waals surface area contributed by atoms with Gasteiger partial charge >= 0.3 is 5.97 Å². The van der Waals surface area contributed by atoms with E-state index in [4.69, 9.17) is 0 Å². The number of carbonyl (C=O) groups is 1. The van der Waals surface area contributed by atoms with E-state index in [0.29, 0.717) is 22.6 Å². The first-order valence-electron chi connectivity index (χ1n) is 6.61. The van der Waals surface area contributed by atoms with E-state index in [1.807, 2.05) is 0 Å². The van der Waals surface area contributed by atoms with Crippen molar-refractivity contribution in [3.8, 4) is 11.1 Å². The molecule has 0 spiro atoms. The van der Waals surface area contributed by atoms with E-state index in [2.05, 4.69) is 5.10 Å². The molecule has 1 aromatic heterocycles. The molecule has 104 valence electrons. The summed E-state index contributed by atoms with van der Waals surface area (Å²) in [5.74, 6) is -0.783. The summed E-state index contributed by atoms with van der Waals surface area (Å²) in [4.78, 5) is 11.3. The number of carboxylic acid groups (broad SMARTS) is 1. The van der Waals surface area contributed by atoms with Crippen LogP contribution in [0, 0.1) is 18.7 Å². The van der Waals surface area contributed by atoms with Crippen molar-refractivity contribution < 1.29 is 14.3 Å². The first kappa shape index (κ1) is 12.8. The Morgan fingerprint density at radius 2 is 2.25 bits per heavy atom. The standard InChI is InChI=1S/C15H15FN2O2/c1-9-4-13(15(19)20)12(5-14(9)16)11-6-17-18(8-11)7-10-2-3-10/h4-6,8,10H,2-3,7H2,1H3,(H,19,20). The molecule has 1 aromatic carbocycles. The lowest BCUT2D eigenvalue weighted by Gasteiger charge is -2.06. The molecule has 1 aliphatic rings. The summed E-state index contributed by atoms with van der Waals surface area (Å²) >= 11 is 0. The predicted molar refractivity (Wildman–Crippen MR) is 72.0 cm³/mol. The minimum absolute atomic E-state index is 0.106. The summed E-state index contributed by atoms with van der Waals surface area (Å²) < 4.78 is 15.5. The van der Waals surface area contributed by atoms with Gasteiger partial charge in [0, 0.05) is 23.9 Å². The molecule has 1 saturated carbocycles. The van der Waals surface area contributed by atoms with Crippen LogP contribution < -0.4 is 0 Å². The van der Waals surface area contributed by atoms with Gasteiger partial charge in [-0.2, -0.15) is 5.10 Å². The second kappa shape index (κ2) is 4.74. The van der Waals surface area contributed by atoms with Crippen molar-refractivity contribution >= 4 is 5.97 Å². The number of aryl methyl sites for hydroxylation is 1. The number of rotatable bonds is 4. The fourth-order valence-electron chi connectivity index (χ4n) is 2.26. The van der Waals surface area contributed by atoms with Gasteiger partial charge in [-0.25, -0.2) is 9.18 Å². The molecule has 0 radical (unpaired) electrons. The van der Waals surface area contributed by atoms with Crippen LogP contribution in [-0.2, 0) is 6.54 Å². The molecule has 0 atom stereocenters. The predicted octanol–water partition coefficient (Wildman–Crippen LogP) is 3.11. The lowest BCUT2D eigenvalue weighted by atomic mass is 10.00. The number of aromatic nitrogens is 2. The molecule has 1 N–H and O–H groups in total. The highest BCUT2D eigenvalue weighted by molar-refractivity contribution is 5.96. The highest BCUT2D eigenvalue weighted by Gasteiger charge is 2.22. The Kier molecular flexibility index (Phi) is 3.04. The van der Waals surface area contributed by atoms with E-state index in [-0.39, 0.29) is 5.56 Å². The fourth-order valence-corrected chi connectivity index (χ4v) is 2.26. The molecule has 0 amide bonds. The van der Waals surface area contributed by atoms with E-state index in [1.54, 1.807) is 24.0 Å². The molecule has 0 bridgehead atoms. The van der Waals surface area contributed by atoms with Crippen LogP contribution in [-0.4, -0.2) is 20.9 Å². The Bertz CT molecular complexity index is 675. The van der Waals surface area contributed by atoms with Gasteiger partial charge in [0.05, 0.1) is 11.8 Å². The third-order valence-corrected chi connectivity index (χ3v) is 3.62. The van der Waals surface area contributed by atoms with Crippen molar-refractivity contribution in [2.24, 2.45) is 5.92 Å². The van der Waals surface area contributed by atoms with E-state index >= 15 is 0 Å². The summed E-state index contributed by atoms with van der Waals surface area (Å²) in [6, 6.07) is 2.64. The molecule has 0 unspecified atom stereocenters. The molecule has 3 rings (SSSR count). The molecule has 0 saturated heterocycles. The molecule has 20 heavy (non-hydrogen) atoms. The molecule has 0 aliphatic heterocycles. The Morgan fingerprint density at radius 1 is 1.50 bits per heavy atom. The SMILES string of the molecule is Cc1cc(C(=O)O)c(-c2cnn(CC3CC3)c2)cc1F. The lowest BCUT2D eigenvalue weighted by Crippen LogP contribution is -2.02. The van der Waals surface area contributed by atoms with Crippen LogP contribution in [0.4, 0.5) is 4.39 Å². The second-order valence-corrected chi connectivity index (χ2v) is 5.35. The van der Waals surface area contributed by atoms with Gasteiger partial charge in [0.1, 0.15) is 5.82 Å². The second-order valence-electron chi connectivity index (χ2n) is 5.35. The van der Waals surface area contributed by atoms with Crippen molar-refractivity contribution in [1.29, 1.82) is 0 Å². The van der Waals surface area contributed by atoms with E-state index in [9.17, 15) is 14.3 Å². The maximum Gasteiger partial charge on any atom is 0.336 e. The van der Waals surface area contributed by atoms with Crippen LogP contribution in [0.2, 0.25) is 0 Å². The molecular formula is C15H15FN2O2. The van der Waals surface area contributed by atoms with Crippen LogP contribution in [0.15, 0.2) is 24.5 Å². The molecule has 4 nitrogen and oxygen atoms in total. The van der Waals surface area contributed by atoms with Gasteiger partial charge in [-0.1, -0.05) is 0 Å². The normalized spacial score (nSPS) is 14.5. The van der Waals surface area contributed by atoms with E-state index in [1.165, 1.54) is 25.0 Å². The molecule has 1 fully saturated rings. The molecular weight excluding hydrogens is 259 g/mol. The maximum absolute atomic E-state index is 13.7. The molecule has 1 heterocycles. The van der Waals surface area contributed by atoms with Gasteiger partial charge in [0.15, 0.2) is 0 Å². The van der Waals surface area contributed by atoms with Crippen LogP contribution in [0.5, 0.6) is 0 Å². The first-order valence-corrected chi connectivity index (χ1v) is 6.61. The summed E-state index contributed by atoms with van der Waals surface area (Å²) in [5.41, 5.74) is 1.45. The van der Waals surface area contributed by atoms with Gasteiger partial charge in [-0.05, 0) is 43.4 Å². The van der Waals surface area contributed by atoms with E-state index in [0.717, 1.165) is 6.54 Å². The minimum Gasteiger partial charge on any atom is -0.478 e. The van der Waals surface area contributed by atoms with Crippen LogP contribution in [0.1, 0.15) is 28.8 Å². The third-order valence-electron chi connectivity index (χ3n) is 3.62. The fraction of sp³-hybridized carbons (Fsp3) is 0.333. The van der Waals surface area contributed by atoms with Gasteiger partial charge < -0.3 is 5.11 Å². The summed E-state index contributed by atoms with van der Waals surface area (Å²) in [6.45, 7) is 2.40. The quantitative estimate of drug-likeness (QED) is 0.932. The summed E-state index contributed by atoms with van der Waals surface area (Å²) in [7, 11) is 0. The highest BCUT2D eigenvalue weighted by atomic mass is 19.1. The van der Waals surface area contributed by atoms with Crippen molar-refractivity contribution in [3.05, 3.63) is 41.5 Å². The number of hydrogen-bond donors (Lipinski definition) is 1. The van der Waals surface area contributed by atoms with Gasteiger partial charge in [0.2, 0.25) is 0 Å². The molecule has 1 aliphatic carbocycles. The van der Waals surface area contributed by atoms with Crippen molar-refractivity contribution in [3.63, 3.8) is 0 Å². The first-order chi connectivity index (χ1) is 9.54. The largest absolute Gasteiger partial charge is 0.478 e. The van der Waals surface area contributed by atoms with Crippen LogP contribution in [0.25, 0.3) is 11.1 Å². The number of halogens is 1. The van der Waals surface area contributed by atoms with E-state index < -0.39 is 11.8 Å². The Hall–Kier alpha value is -2.17. The average Bonchev–Trinajstić information content (AvgIpc) is 3.08. The number of hydrogen-bond acceptors (Lipinski definition) is 2. The smallest absolute Gasteiger partial charge is 0.336 e. The van der Waals surface area contributed by atoms with Gasteiger partial charge in [-0.3, -0.25) is 4.68 Å². The lowest BCUT2D eigenvalue weighted by molar-refractivity contribution is 0.0697. The third kappa shape index (κ3) is 2.43. The number of nitrogens with zero attached hydrogens (tertiary/aromatic N) is 2. The summed E-state index contributed by atoms with van der Waals surface area (Å²) in [6.07, 6.45) is 5.82. The zero-order valence-corrected chi connectivity index (χ0v) is 11.1. The number of aromatic carboxylic acids is 1. The summed E-state index contributed by atoms with van der Waals surface area (Å²) in [5, 5.41) is 13.5. The topological polar surface area (TPSA) is 55.1 Å².